The van der Waals surface area contributed by atoms with Crippen molar-refractivity contribution in [3.05, 3.63) is 46.5 Å². The summed E-state index contributed by atoms with van der Waals surface area (Å²) in [5.74, 6) is 0.379. The van der Waals surface area contributed by atoms with Crippen LogP contribution < -0.4 is 0 Å². The molecule has 2 heteroatoms. The van der Waals surface area contributed by atoms with Crippen LogP contribution in [0.3, 0.4) is 0 Å². The van der Waals surface area contributed by atoms with Gasteiger partial charge < -0.3 is 4.74 Å². The van der Waals surface area contributed by atoms with Crippen molar-refractivity contribution < 1.29 is 9.53 Å². The molecule has 0 N–H and O–H groups in total. The predicted octanol–water partition coefficient (Wildman–Crippen LogP) is 4.96. The van der Waals surface area contributed by atoms with Crippen molar-refractivity contribution in [3.63, 3.8) is 0 Å². The van der Waals surface area contributed by atoms with Crippen molar-refractivity contribution in [3.8, 4) is 0 Å². The van der Waals surface area contributed by atoms with Crippen LogP contribution in [0.25, 0.3) is 0 Å². The maximum absolute atomic E-state index is 13.2. The van der Waals surface area contributed by atoms with E-state index >= 15 is 0 Å². The summed E-state index contributed by atoms with van der Waals surface area (Å²) in [5, 5.41) is 0. The zero-order valence-electron chi connectivity index (χ0n) is 14.7. The highest BCUT2D eigenvalue weighted by atomic mass is 16.5. The van der Waals surface area contributed by atoms with Crippen molar-refractivity contribution in [2.24, 2.45) is 5.92 Å². The molecule has 1 aromatic rings. The van der Waals surface area contributed by atoms with Gasteiger partial charge in [-0.1, -0.05) is 42.3 Å². The smallest absolute Gasteiger partial charge is 0.317 e. The second kappa shape index (κ2) is 6.51. The van der Waals surface area contributed by atoms with Crippen molar-refractivity contribution in [1.82, 2.24) is 0 Å². The van der Waals surface area contributed by atoms with Crippen molar-refractivity contribution >= 4 is 5.97 Å². The SMILES string of the molecule is CCCOC(=O)C12CC(C)=C(C)CC1CCCc1ccccc12. The van der Waals surface area contributed by atoms with Gasteiger partial charge in [0.05, 0.1) is 12.0 Å². The second-order valence-corrected chi connectivity index (χ2v) is 7.30. The summed E-state index contributed by atoms with van der Waals surface area (Å²) in [7, 11) is 0. The average Bonchev–Trinajstić information content (AvgIpc) is 2.71. The summed E-state index contributed by atoms with van der Waals surface area (Å²) in [6.07, 6.45) is 6.08. The lowest BCUT2D eigenvalue weighted by molar-refractivity contribution is -0.153. The lowest BCUT2D eigenvalue weighted by Gasteiger charge is -2.43. The summed E-state index contributed by atoms with van der Waals surface area (Å²) < 4.78 is 5.73. The normalized spacial score (nSPS) is 27.0. The van der Waals surface area contributed by atoms with Gasteiger partial charge in [-0.25, -0.2) is 0 Å². The number of aryl methyl sites for hydroxylation is 1. The molecule has 3 rings (SSSR count). The van der Waals surface area contributed by atoms with Crippen molar-refractivity contribution in [2.45, 2.75) is 64.7 Å². The van der Waals surface area contributed by atoms with Crippen LogP contribution in [0.15, 0.2) is 35.4 Å². The summed E-state index contributed by atoms with van der Waals surface area (Å²) in [5.41, 5.74) is 4.94. The first kappa shape index (κ1) is 16.3. The molecule has 0 aliphatic heterocycles. The molecule has 0 heterocycles. The molecule has 124 valence electrons. The number of rotatable bonds is 3. The van der Waals surface area contributed by atoms with E-state index in [1.807, 2.05) is 0 Å². The third-order valence-corrected chi connectivity index (χ3v) is 5.82. The van der Waals surface area contributed by atoms with Crippen LogP contribution in [0.5, 0.6) is 0 Å². The molecule has 2 nitrogen and oxygen atoms in total. The molecule has 0 bridgehead atoms. The largest absolute Gasteiger partial charge is 0.465 e. The highest BCUT2D eigenvalue weighted by Gasteiger charge is 2.51. The van der Waals surface area contributed by atoms with Gasteiger partial charge in [-0.15, -0.1) is 0 Å². The summed E-state index contributed by atoms with van der Waals surface area (Å²) in [4.78, 5) is 13.2. The van der Waals surface area contributed by atoms with Gasteiger partial charge in [0, 0.05) is 0 Å². The minimum atomic E-state index is -0.466. The molecular formula is C21H28O2. The van der Waals surface area contributed by atoms with Gasteiger partial charge >= 0.3 is 5.97 Å². The summed E-state index contributed by atoms with van der Waals surface area (Å²) in [6.45, 7) is 7.00. The quantitative estimate of drug-likeness (QED) is 0.582. The number of ether oxygens (including phenoxy) is 1. The van der Waals surface area contributed by atoms with Crippen LogP contribution in [0.4, 0.5) is 0 Å². The molecule has 0 saturated carbocycles. The Morgan fingerprint density at radius 3 is 2.83 bits per heavy atom. The Hall–Kier alpha value is -1.57. The monoisotopic (exact) mass is 312 g/mol. The van der Waals surface area contributed by atoms with E-state index in [9.17, 15) is 4.79 Å². The predicted molar refractivity (Wildman–Crippen MR) is 93.4 cm³/mol. The highest BCUT2D eigenvalue weighted by Crippen LogP contribution is 2.51. The molecule has 1 aromatic carbocycles. The standard InChI is InChI=1S/C21H28O2/c1-4-12-23-20(22)21-14-16(3)15(2)13-18(21)10-7-9-17-8-5-6-11-19(17)21/h5-6,8,11,18H,4,7,9-10,12-14H2,1-3H3. The van der Waals surface area contributed by atoms with Gasteiger partial charge in [0.25, 0.3) is 0 Å². The fourth-order valence-electron chi connectivity index (χ4n) is 4.48. The fourth-order valence-corrected chi connectivity index (χ4v) is 4.48. The Bertz CT molecular complexity index is 628. The van der Waals surface area contributed by atoms with Gasteiger partial charge in [-0.2, -0.15) is 0 Å². The molecule has 2 aliphatic rings. The first-order valence-electron chi connectivity index (χ1n) is 9.00. The lowest BCUT2D eigenvalue weighted by Crippen LogP contribution is -2.46. The minimum Gasteiger partial charge on any atom is -0.465 e. The third-order valence-electron chi connectivity index (χ3n) is 5.82. The number of allylic oxidation sites excluding steroid dienone is 2. The molecule has 2 atom stereocenters. The molecule has 0 aromatic heterocycles. The number of hydrogen-bond donors (Lipinski definition) is 0. The number of fused-ring (bicyclic) bond motifs is 3. The van der Waals surface area contributed by atoms with E-state index in [0.717, 1.165) is 38.5 Å². The van der Waals surface area contributed by atoms with Gasteiger partial charge in [0.1, 0.15) is 0 Å². The van der Waals surface area contributed by atoms with Gasteiger partial charge in [0.2, 0.25) is 0 Å². The highest BCUT2D eigenvalue weighted by molar-refractivity contribution is 5.85. The molecular weight excluding hydrogens is 284 g/mol. The molecule has 0 radical (unpaired) electrons. The molecule has 2 aliphatic carbocycles. The maximum Gasteiger partial charge on any atom is 0.317 e. The zero-order chi connectivity index (χ0) is 16.4. The van der Waals surface area contributed by atoms with Crippen molar-refractivity contribution in [1.29, 1.82) is 0 Å². The number of benzene rings is 1. The van der Waals surface area contributed by atoms with E-state index in [-0.39, 0.29) is 5.97 Å². The van der Waals surface area contributed by atoms with E-state index in [1.165, 1.54) is 22.3 Å². The minimum absolute atomic E-state index is 0.00514. The van der Waals surface area contributed by atoms with Gasteiger partial charge in [0.15, 0.2) is 0 Å². The van der Waals surface area contributed by atoms with Gasteiger partial charge in [-0.3, -0.25) is 4.79 Å². The van der Waals surface area contributed by atoms with Crippen LogP contribution >= 0.6 is 0 Å². The van der Waals surface area contributed by atoms with Gasteiger partial charge in [-0.05, 0) is 69.4 Å². The second-order valence-electron chi connectivity index (χ2n) is 7.30. The maximum atomic E-state index is 13.2. The van der Waals surface area contributed by atoms with E-state index in [0.29, 0.717) is 12.5 Å². The summed E-state index contributed by atoms with van der Waals surface area (Å²) >= 11 is 0. The van der Waals surface area contributed by atoms with Crippen LogP contribution in [0.2, 0.25) is 0 Å². The van der Waals surface area contributed by atoms with E-state index in [1.54, 1.807) is 0 Å². The van der Waals surface area contributed by atoms with Crippen LogP contribution in [0.1, 0.15) is 64.0 Å². The molecule has 2 unspecified atom stereocenters. The topological polar surface area (TPSA) is 26.3 Å². The Labute approximate surface area is 139 Å². The molecule has 0 saturated heterocycles. The number of carbonyl (C=O) groups is 1. The number of carbonyl (C=O) groups excluding carboxylic acids is 1. The first-order chi connectivity index (χ1) is 11.1. The molecule has 0 amide bonds. The van der Waals surface area contributed by atoms with E-state index < -0.39 is 5.41 Å². The van der Waals surface area contributed by atoms with E-state index in [2.05, 4.69) is 45.0 Å². The van der Waals surface area contributed by atoms with Crippen LogP contribution in [-0.2, 0) is 21.4 Å². The lowest BCUT2D eigenvalue weighted by atomic mass is 9.60. The molecule has 0 spiro atoms. The number of hydrogen-bond acceptors (Lipinski definition) is 2. The molecule has 23 heavy (non-hydrogen) atoms. The summed E-state index contributed by atoms with van der Waals surface area (Å²) in [6, 6.07) is 8.56. The Kier molecular flexibility index (Phi) is 4.61. The molecule has 0 fully saturated rings. The van der Waals surface area contributed by atoms with Crippen LogP contribution in [-0.4, -0.2) is 12.6 Å². The third kappa shape index (κ3) is 2.73. The fraction of sp³-hybridized carbons (Fsp3) is 0.571. The number of esters is 1. The Balaban J connectivity index is 2.14. The Morgan fingerprint density at radius 1 is 1.26 bits per heavy atom. The zero-order valence-corrected chi connectivity index (χ0v) is 14.7. The Morgan fingerprint density at radius 2 is 2.04 bits per heavy atom. The van der Waals surface area contributed by atoms with Crippen molar-refractivity contribution in [2.75, 3.05) is 6.61 Å². The first-order valence-corrected chi connectivity index (χ1v) is 9.00. The average molecular weight is 312 g/mol. The van der Waals surface area contributed by atoms with Crippen LogP contribution in [0, 0.1) is 5.92 Å². The van der Waals surface area contributed by atoms with E-state index in [4.69, 9.17) is 4.74 Å².